The number of hydrogen-bond donors (Lipinski definition) is 0. The zero-order chi connectivity index (χ0) is 17.5. The Morgan fingerprint density at radius 3 is 2.04 bits per heavy atom. The van der Waals surface area contributed by atoms with Crippen molar-refractivity contribution in [3.05, 3.63) is 71.8 Å². The van der Waals surface area contributed by atoms with Crippen LogP contribution >= 0.6 is 0 Å². The van der Waals surface area contributed by atoms with Gasteiger partial charge in [-0.2, -0.15) is 0 Å². The number of hydrogen-bond acceptors (Lipinski definition) is 3. The summed E-state index contributed by atoms with van der Waals surface area (Å²) in [4.78, 5) is 2.51. The summed E-state index contributed by atoms with van der Waals surface area (Å²) in [5.74, 6) is 0.426. The van der Waals surface area contributed by atoms with Crippen LogP contribution in [0.1, 0.15) is 31.4 Å². The quantitative estimate of drug-likeness (QED) is 0.708. The molecule has 0 saturated carbocycles. The SMILES string of the molecule is CC(C)O[C@H]1OCC[C@H]1CN(Cc1ccccc1)Cc1ccccc1. The third-order valence-electron chi connectivity index (χ3n) is 4.55. The van der Waals surface area contributed by atoms with Gasteiger partial charge in [-0.05, 0) is 31.4 Å². The summed E-state index contributed by atoms with van der Waals surface area (Å²) >= 11 is 0. The highest BCUT2D eigenvalue weighted by Gasteiger charge is 2.31. The van der Waals surface area contributed by atoms with E-state index in [1.54, 1.807) is 0 Å². The molecule has 3 heteroatoms. The molecule has 1 aliphatic rings. The predicted octanol–water partition coefficient (Wildman–Crippen LogP) is 4.48. The van der Waals surface area contributed by atoms with Crippen LogP contribution in [0, 0.1) is 5.92 Å². The van der Waals surface area contributed by atoms with Crippen LogP contribution in [0.4, 0.5) is 0 Å². The minimum atomic E-state index is -0.0750. The lowest BCUT2D eigenvalue weighted by Gasteiger charge is -2.29. The van der Waals surface area contributed by atoms with Gasteiger partial charge in [0, 0.05) is 25.6 Å². The highest BCUT2D eigenvalue weighted by molar-refractivity contribution is 5.17. The third kappa shape index (κ3) is 5.67. The van der Waals surface area contributed by atoms with Crippen molar-refractivity contribution in [3.63, 3.8) is 0 Å². The molecule has 1 aliphatic heterocycles. The highest BCUT2D eigenvalue weighted by atomic mass is 16.7. The van der Waals surface area contributed by atoms with Gasteiger partial charge < -0.3 is 9.47 Å². The summed E-state index contributed by atoms with van der Waals surface area (Å²) < 4.78 is 11.8. The number of ether oxygens (including phenoxy) is 2. The second-order valence-corrected chi connectivity index (χ2v) is 7.11. The van der Waals surface area contributed by atoms with Crippen molar-refractivity contribution in [3.8, 4) is 0 Å². The van der Waals surface area contributed by atoms with Crippen LogP contribution in [0.3, 0.4) is 0 Å². The Kier molecular flexibility index (Phi) is 6.62. The molecule has 2 atom stereocenters. The average molecular weight is 339 g/mol. The van der Waals surface area contributed by atoms with Gasteiger partial charge in [-0.3, -0.25) is 4.90 Å². The molecule has 0 amide bonds. The van der Waals surface area contributed by atoms with Crippen LogP contribution < -0.4 is 0 Å². The molecule has 25 heavy (non-hydrogen) atoms. The van der Waals surface area contributed by atoms with Gasteiger partial charge in [-0.25, -0.2) is 0 Å². The van der Waals surface area contributed by atoms with Crippen molar-refractivity contribution < 1.29 is 9.47 Å². The zero-order valence-corrected chi connectivity index (χ0v) is 15.3. The molecule has 3 nitrogen and oxygen atoms in total. The molecule has 0 aromatic heterocycles. The van der Waals surface area contributed by atoms with Crippen molar-refractivity contribution in [2.45, 2.75) is 45.8 Å². The van der Waals surface area contributed by atoms with Crippen LogP contribution in [0.2, 0.25) is 0 Å². The topological polar surface area (TPSA) is 21.7 Å². The van der Waals surface area contributed by atoms with Crippen molar-refractivity contribution in [1.29, 1.82) is 0 Å². The largest absolute Gasteiger partial charge is 0.352 e. The molecule has 134 valence electrons. The first-order valence-electron chi connectivity index (χ1n) is 9.28. The third-order valence-corrected chi connectivity index (χ3v) is 4.55. The van der Waals surface area contributed by atoms with Gasteiger partial charge in [0.1, 0.15) is 0 Å². The number of rotatable bonds is 8. The Morgan fingerprint density at radius 2 is 1.52 bits per heavy atom. The zero-order valence-electron chi connectivity index (χ0n) is 15.3. The van der Waals surface area contributed by atoms with Crippen molar-refractivity contribution in [2.24, 2.45) is 5.92 Å². The first kappa shape index (κ1) is 18.1. The van der Waals surface area contributed by atoms with E-state index in [4.69, 9.17) is 9.47 Å². The predicted molar refractivity (Wildman–Crippen MR) is 101 cm³/mol. The lowest BCUT2D eigenvalue weighted by Crippen LogP contribution is -2.34. The first-order valence-corrected chi connectivity index (χ1v) is 9.28. The molecule has 0 unspecified atom stereocenters. The fourth-order valence-corrected chi connectivity index (χ4v) is 3.40. The van der Waals surface area contributed by atoms with Crippen LogP contribution in [-0.4, -0.2) is 30.4 Å². The van der Waals surface area contributed by atoms with Gasteiger partial charge in [0.05, 0.1) is 12.7 Å². The lowest BCUT2D eigenvalue weighted by molar-refractivity contribution is -0.156. The normalized spacial score (nSPS) is 20.5. The summed E-state index contributed by atoms with van der Waals surface area (Å²) in [6.07, 6.45) is 1.19. The molecule has 2 aromatic rings. The standard InChI is InChI=1S/C22H29NO2/c1-18(2)25-22-21(13-14-24-22)17-23(15-19-9-5-3-6-10-19)16-20-11-7-4-8-12-20/h3-12,18,21-22H,13-17H2,1-2H3/t21-,22+/m0/s1. The molecule has 1 fully saturated rings. The second-order valence-electron chi connectivity index (χ2n) is 7.11. The summed E-state index contributed by atoms with van der Waals surface area (Å²) in [7, 11) is 0. The fourth-order valence-electron chi connectivity index (χ4n) is 3.40. The lowest BCUT2D eigenvalue weighted by atomic mass is 10.1. The maximum atomic E-state index is 5.98. The van der Waals surface area contributed by atoms with Crippen molar-refractivity contribution in [1.82, 2.24) is 4.90 Å². The molecule has 0 radical (unpaired) electrons. The molecular formula is C22H29NO2. The average Bonchev–Trinajstić information content (AvgIpc) is 3.03. The molecule has 0 aliphatic carbocycles. The Hall–Kier alpha value is -1.68. The molecule has 1 saturated heterocycles. The minimum absolute atomic E-state index is 0.0750. The van der Waals surface area contributed by atoms with E-state index < -0.39 is 0 Å². The van der Waals surface area contributed by atoms with Gasteiger partial charge >= 0.3 is 0 Å². The molecule has 0 spiro atoms. The molecule has 0 bridgehead atoms. The van der Waals surface area contributed by atoms with Crippen LogP contribution in [0.5, 0.6) is 0 Å². The Morgan fingerprint density at radius 1 is 0.960 bits per heavy atom. The van der Waals surface area contributed by atoms with E-state index in [1.165, 1.54) is 11.1 Å². The van der Waals surface area contributed by atoms with Crippen LogP contribution in [0.25, 0.3) is 0 Å². The van der Waals surface area contributed by atoms with E-state index in [-0.39, 0.29) is 12.4 Å². The monoisotopic (exact) mass is 339 g/mol. The van der Waals surface area contributed by atoms with E-state index in [1.807, 2.05) is 0 Å². The van der Waals surface area contributed by atoms with E-state index in [9.17, 15) is 0 Å². The van der Waals surface area contributed by atoms with Gasteiger partial charge in [-0.15, -0.1) is 0 Å². The Labute approximate surface area is 151 Å². The summed E-state index contributed by atoms with van der Waals surface area (Å²) in [6, 6.07) is 21.4. The second kappa shape index (κ2) is 9.14. The van der Waals surface area contributed by atoms with Gasteiger partial charge in [0.15, 0.2) is 6.29 Å². The molecule has 0 N–H and O–H groups in total. The molecular weight excluding hydrogens is 310 g/mol. The molecule has 1 heterocycles. The smallest absolute Gasteiger partial charge is 0.162 e. The van der Waals surface area contributed by atoms with Crippen LogP contribution in [0.15, 0.2) is 60.7 Å². The maximum Gasteiger partial charge on any atom is 0.162 e. The Balaban J connectivity index is 1.69. The van der Waals surface area contributed by atoms with E-state index in [0.29, 0.717) is 5.92 Å². The van der Waals surface area contributed by atoms with Crippen molar-refractivity contribution >= 4 is 0 Å². The van der Waals surface area contributed by atoms with Gasteiger partial charge in [0.2, 0.25) is 0 Å². The minimum Gasteiger partial charge on any atom is -0.352 e. The van der Waals surface area contributed by atoms with Crippen LogP contribution in [-0.2, 0) is 22.6 Å². The first-order chi connectivity index (χ1) is 12.2. The number of nitrogens with zero attached hydrogens (tertiary/aromatic N) is 1. The Bertz CT molecular complexity index is 573. The van der Waals surface area contributed by atoms with Gasteiger partial charge in [0.25, 0.3) is 0 Å². The summed E-state index contributed by atoms with van der Waals surface area (Å²) in [5, 5.41) is 0. The van der Waals surface area contributed by atoms with E-state index in [0.717, 1.165) is 32.7 Å². The van der Waals surface area contributed by atoms with Gasteiger partial charge in [-0.1, -0.05) is 60.7 Å². The van der Waals surface area contributed by atoms with Crippen molar-refractivity contribution in [2.75, 3.05) is 13.2 Å². The van der Waals surface area contributed by atoms with E-state index in [2.05, 4.69) is 79.4 Å². The molecule has 3 rings (SSSR count). The number of benzene rings is 2. The van der Waals surface area contributed by atoms with E-state index >= 15 is 0 Å². The summed E-state index contributed by atoms with van der Waals surface area (Å²) in [6.45, 7) is 7.82. The molecule has 2 aromatic carbocycles. The maximum absolute atomic E-state index is 5.98. The highest BCUT2D eigenvalue weighted by Crippen LogP contribution is 2.25. The fraction of sp³-hybridized carbons (Fsp3) is 0.455. The summed E-state index contributed by atoms with van der Waals surface area (Å²) in [5.41, 5.74) is 2.69.